The zero-order valence-electron chi connectivity index (χ0n) is 10.6. The van der Waals surface area contributed by atoms with E-state index in [0.717, 1.165) is 6.42 Å². The number of carbonyl (C=O) groups is 1. The van der Waals surface area contributed by atoms with E-state index in [-0.39, 0.29) is 27.2 Å². The summed E-state index contributed by atoms with van der Waals surface area (Å²) in [6.07, 6.45) is 0.849. The average molecular weight is 303 g/mol. The molecular weight excluding hydrogens is 288 g/mol. The summed E-state index contributed by atoms with van der Waals surface area (Å²) in [7, 11) is -3.85. The number of hydrogen-bond donors (Lipinski definition) is 2. The summed E-state index contributed by atoms with van der Waals surface area (Å²) in [4.78, 5) is 11.7. The van der Waals surface area contributed by atoms with E-state index >= 15 is 0 Å². The Morgan fingerprint density at radius 3 is 2.47 bits per heavy atom. The molecule has 1 aromatic carbocycles. The van der Waals surface area contributed by atoms with Crippen molar-refractivity contribution >= 4 is 33.2 Å². The van der Waals surface area contributed by atoms with E-state index in [2.05, 4.69) is 5.32 Å². The number of anilines is 1. The van der Waals surface area contributed by atoms with Crippen molar-refractivity contribution < 1.29 is 13.2 Å². The molecule has 2 rings (SSSR count). The Hall–Kier alpha value is -1.11. The van der Waals surface area contributed by atoms with Crippen LogP contribution in [-0.4, -0.2) is 14.3 Å². The molecule has 1 saturated carbocycles. The van der Waals surface area contributed by atoms with Gasteiger partial charge < -0.3 is 5.32 Å². The van der Waals surface area contributed by atoms with Gasteiger partial charge in [-0.25, -0.2) is 13.6 Å². The molecule has 3 N–H and O–H groups in total. The van der Waals surface area contributed by atoms with Gasteiger partial charge >= 0.3 is 0 Å². The van der Waals surface area contributed by atoms with Crippen molar-refractivity contribution in [2.24, 2.45) is 16.5 Å². The number of nitrogens with one attached hydrogen (secondary N) is 1. The van der Waals surface area contributed by atoms with Gasteiger partial charge in [0.05, 0.1) is 5.02 Å². The third-order valence-corrected chi connectivity index (χ3v) is 4.73. The first kappa shape index (κ1) is 14.3. The Labute approximate surface area is 117 Å². The van der Waals surface area contributed by atoms with Gasteiger partial charge in [-0.1, -0.05) is 25.4 Å². The largest absolute Gasteiger partial charge is 0.326 e. The van der Waals surface area contributed by atoms with Crippen LogP contribution >= 0.6 is 11.6 Å². The zero-order valence-corrected chi connectivity index (χ0v) is 12.2. The highest BCUT2D eigenvalue weighted by Crippen LogP contribution is 2.52. The summed E-state index contributed by atoms with van der Waals surface area (Å²) < 4.78 is 22.4. The Bertz CT molecular complexity index is 640. The Morgan fingerprint density at radius 1 is 1.47 bits per heavy atom. The van der Waals surface area contributed by atoms with Crippen LogP contribution in [0, 0.1) is 11.3 Å². The van der Waals surface area contributed by atoms with Gasteiger partial charge in [0.1, 0.15) is 4.90 Å². The van der Waals surface area contributed by atoms with Gasteiger partial charge in [-0.15, -0.1) is 0 Å². The van der Waals surface area contributed by atoms with Gasteiger partial charge in [-0.05, 0) is 30.0 Å². The molecule has 1 aliphatic carbocycles. The van der Waals surface area contributed by atoms with Gasteiger partial charge in [0.25, 0.3) is 0 Å². The molecule has 1 amide bonds. The number of rotatable bonds is 3. The Balaban J connectivity index is 2.16. The molecule has 0 aliphatic heterocycles. The van der Waals surface area contributed by atoms with Crippen LogP contribution in [0.5, 0.6) is 0 Å². The van der Waals surface area contributed by atoms with Gasteiger partial charge in [-0.3, -0.25) is 4.79 Å². The molecule has 0 aromatic heterocycles. The van der Waals surface area contributed by atoms with Crippen molar-refractivity contribution in [2.75, 3.05) is 5.32 Å². The zero-order chi connectivity index (χ0) is 14.4. The molecule has 1 fully saturated rings. The molecule has 0 spiro atoms. The van der Waals surface area contributed by atoms with E-state index in [1.165, 1.54) is 18.2 Å². The second-order valence-corrected chi connectivity index (χ2v) is 7.36. The lowest BCUT2D eigenvalue weighted by atomic mass is 10.1. The van der Waals surface area contributed by atoms with Crippen LogP contribution in [0.3, 0.4) is 0 Å². The first-order valence-electron chi connectivity index (χ1n) is 5.74. The van der Waals surface area contributed by atoms with Crippen LogP contribution < -0.4 is 10.5 Å². The maximum absolute atomic E-state index is 11.9. The molecule has 0 heterocycles. The smallest absolute Gasteiger partial charge is 0.239 e. The number of primary sulfonamides is 1. The lowest BCUT2D eigenvalue weighted by Gasteiger charge is -2.08. The monoisotopic (exact) mass is 302 g/mol. The highest BCUT2D eigenvalue weighted by atomic mass is 35.5. The van der Waals surface area contributed by atoms with Gasteiger partial charge in [0.15, 0.2) is 0 Å². The van der Waals surface area contributed by atoms with Crippen LogP contribution in [0.15, 0.2) is 23.1 Å². The minimum Gasteiger partial charge on any atom is -0.326 e. The van der Waals surface area contributed by atoms with Crippen LogP contribution in [0.4, 0.5) is 5.69 Å². The summed E-state index contributed by atoms with van der Waals surface area (Å²) in [5.41, 5.74) is 0.499. The van der Waals surface area contributed by atoms with Crippen LogP contribution in [0.2, 0.25) is 5.02 Å². The number of hydrogen-bond acceptors (Lipinski definition) is 3. The number of benzene rings is 1. The molecule has 7 heteroatoms. The standard InChI is InChI=1S/C12H15ClN2O3S/c1-12(2)6-8(12)11(16)15-7-3-4-10(9(13)5-7)19(14,17)18/h3-5,8H,6H2,1-2H3,(H,15,16)(H2,14,17,18). The average Bonchev–Trinajstić information content (AvgIpc) is 2.86. The van der Waals surface area contributed by atoms with E-state index in [1.807, 2.05) is 13.8 Å². The summed E-state index contributed by atoms with van der Waals surface area (Å²) in [6, 6.07) is 4.14. The minimum absolute atomic E-state index is 0.00430. The van der Waals surface area contributed by atoms with Crippen LogP contribution in [-0.2, 0) is 14.8 Å². The Morgan fingerprint density at radius 2 is 2.05 bits per heavy atom. The lowest BCUT2D eigenvalue weighted by Crippen LogP contribution is -2.17. The minimum atomic E-state index is -3.85. The molecular formula is C12H15ClN2O3S. The third kappa shape index (κ3) is 3.08. The molecule has 1 aromatic rings. The molecule has 0 saturated heterocycles. The van der Waals surface area contributed by atoms with Crippen molar-refractivity contribution in [3.63, 3.8) is 0 Å². The second kappa shape index (κ2) is 4.47. The topological polar surface area (TPSA) is 89.3 Å². The molecule has 1 atom stereocenters. The second-order valence-electron chi connectivity index (χ2n) is 5.42. The summed E-state index contributed by atoms with van der Waals surface area (Å²) in [5, 5.41) is 7.72. The first-order chi connectivity index (χ1) is 8.61. The van der Waals surface area contributed by atoms with Crippen molar-refractivity contribution in [1.29, 1.82) is 0 Å². The predicted molar refractivity (Wildman–Crippen MR) is 73.3 cm³/mol. The van der Waals surface area contributed by atoms with Crippen molar-refractivity contribution in [3.8, 4) is 0 Å². The van der Waals surface area contributed by atoms with E-state index in [0.29, 0.717) is 5.69 Å². The van der Waals surface area contributed by atoms with Crippen LogP contribution in [0.1, 0.15) is 20.3 Å². The van der Waals surface area contributed by atoms with Crippen LogP contribution in [0.25, 0.3) is 0 Å². The molecule has 1 aliphatic rings. The van der Waals surface area contributed by atoms with Crippen molar-refractivity contribution in [1.82, 2.24) is 0 Å². The fourth-order valence-electron chi connectivity index (χ4n) is 1.95. The van der Waals surface area contributed by atoms with E-state index in [9.17, 15) is 13.2 Å². The highest BCUT2D eigenvalue weighted by molar-refractivity contribution is 7.89. The quantitative estimate of drug-likeness (QED) is 0.894. The number of amides is 1. The number of carbonyl (C=O) groups excluding carboxylic acids is 1. The first-order valence-corrected chi connectivity index (χ1v) is 7.67. The molecule has 19 heavy (non-hydrogen) atoms. The van der Waals surface area contributed by atoms with E-state index < -0.39 is 10.0 Å². The number of nitrogens with two attached hydrogens (primary N) is 1. The lowest BCUT2D eigenvalue weighted by molar-refractivity contribution is -0.118. The third-order valence-electron chi connectivity index (χ3n) is 3.34. The highest BCUT2D eigenvalue weighted by Gasteiger charge is 2.50. The van der Waals surface area contributed by atoms with Gasteiger partial charge in [0, 0.05) is 11.6 Å². The molecule has 104 valence electrons. The summed E-state index contributed by atoms with van der Waals surface area (Å²) in [6.45, 7) is 4.04. The number of sulfonamides is 1. The van der Waals surface area contributed by atoms with Crippen molar-refractivity contribution in [3.05, 3.63) is 23.2 Å². The maximum atomic E-state index is 11.9. The fourth-order valence-corrected chi connectivity index (χ4v) is 3.05. The van der Waals surface area contributed by atoms with E-state index in [1.54, 1.807) is 0 Å². The molecule has 0 radical (unpaired) electrons. The van der Waals surface area contributed by atoms with Gasteiger partial charge in [-0.2, -0.15) is 0 Å². The Kier molecular flexibility index (Phi) is 3.36. The van der Waals surface area contributed by atoms with E-state index in [4.69, 9.17) is 16.7 Å². The normalized spacial score (nSPS) is 20.9. The number of halogens is 1. The molecule has 5 nitrogen and oxygen atoms in total. The predicted octanol–water partition coefficient (Wildman–Crippen LogP) is 1.97. The van der Waals surface area contributed by atoms with Gasteiger partial charge in [0.2, 0.25) is 15.9 Å². The molecule has 1 unspecified atom stereocenters. The summed E-state index contributed by atoms with van der Waals surface area (Å²) in [5.74, 6) is -0.0892. The summed E-state index contributed by atoms with van der Waals surface area (Å²) >= 11 is 5.84. The maximum Gasteiger partial charge on any atom is 0.239 e. The molecule has 0 bridgehead atoms. The van der Waals surface area contributed by atoms with Crippen molar-refractivity contribution in [2.45, 2.75) is 25.2 Å². The fraction of sp³-hybridized carbons (Fsp3) is 0.417. The SMILES string of the molecule is CC1(C)CC1C(=O)Nc1ccc(S(N)(=O)=O)c(Cl)c1.